The lowest BCUT2D eigenvalue weighted by Gasteiger charge is -2.29. The van der Waals surface area contributed by atoms with Crippen LogP contribution in [0.5, 0.6) is 0 Å². The molecule has 9 heteroatoms. The van der Waals surface area contributed by atoms with Gasteiger partial charge < -0.3 is 25.8 Å². The van der Waals surface area contributed by atoms with E-state index < -0.39 is 29.7 Å². The van der Waals surface area contributed by atoms with E-state index in [1.165, 1.54) is 6.92 Å². The van der Waals surface area contributed by atoms with Gasteiger partial charge in [0.15, 0.2) is 0 Å². The summed E-state index contributed by atoms with van der Waals surface area (Å²) in [5, 5.41) is 17.1. The number of alkyl carbamates (subject to hydrolysis) is 1. The van der Waals surface area contributed by atoms with Crippen molar-refractivity contribution in [2.45, 2.75) is 77.5 Å². The molecule has 0 bridgehead atoms. The van der Waals surface area contributed by atoms with Crippen LogP contribution in [0.25, 0.3) is 0 Å². The Bertz CT molecular complexity index is 844. The van der Waals surface area contributed by atoms with Crippen molar-refractivity contribution in [3.8, 4) is 0 Å². The van der Waals surface area contributed by atoms with Gasteiger partial charge in [-0.3, -0.25) is 14.4 Å². The molecule has 4 N–H and O–H groups in total. The summed E-state index contributed by atoms with van der Waals surface area (Å²) in [7, 11) is 0. The Hall–Kier alpha value is -3.10. The van der Waals surface area contributed by atoms with Crippen LogP contribution in [0.3, 0.4) is 0 Å². The molecule has 1 aromatic carbocycles. The summed E-state index contributed by atoms with van der Waals surface area (Å²) < 4.78 is 5.32. The van der Waals surface area contributed by atoms with Gasteiger partial charge in [0.2, 0.25) is 11.8 Å². The lowest BCUT2D eigenvalue weighted by atomic mass is 9.81. The predicted molar refractivity (Wildman–Crippen MR) is 127 cm³/mol. The van der Waals surface area contributed by atoms with Crippen LogP contribution in [0.2, 0.25) is 0 Å². The topological polar surface area (TPSA) is 134 Å². The zero-order chi connectivity index (χ0) is 25.3. The number of carbonyl (C=O) groups excluding carboxylic acids is 3. The maximum Gasteiger partial charge on any atom is 0.408 e. The van der Waals surface area contributed by atoms with E-state index in [1.54, 1.807) is 20.8 Å². The van der Waals surface area contributed by atoms with Crippen molar-refractivity contribution in [3.05, 3.63) is 35.9 Å². The van der Waals surface area contributed by atoms with E-state index >= 15 is 0 Å². The summed E-state index contributed by atoms with van der Waals surface area (Å²) in [6, 6.07) is 7.75. The Kier molecular flexibility index (Phi) is 9.89. The first kappa shape index (κ1) is 27.1. The van der Waals surface area contributed by atoms with Crippen molar-refractivity contribution in [1.29, 1.82) is 0 Å². The standard InChI is InChI=1S/C25H37N3O6/c1-16(23(31)32)27-21(29)19-12-10-18(11-13-19)15-26-22(30)20(14-17-8-6-5-7-9-17)28-24(33)34-25(2,3)4/h5-9,16,18-20H,10-15H2,1-4H3,(H,26,30)(H,27,29)(H,28,33)(H,31,32)/t16-,18?,19?,20-/m0/s1. The fourth-order valence-corrected chi connectivity index (χ4v) is 3.90. The summed E-state index contributed by atoms with van der Waals surface area (Å²) in [4.78, 5) is 48.4. The maximum absolute atomic E-state index is 12.9. The fraction of sp³-hybridized carbons (Fsp3) is 0.600. The number of carboxylic acids is 1. The molecule has 0 unspecified atom stereocenters. The molecule has 188 valence electrons. The van der Waals surface area contributed by atoms with Gasteiger partial charge in [-0.1, -0.05) is 30.3 Å². The van der Waals surface area contributed by atoms with Gasteiger partial charge in [-0.15, -0.1) is 0 Å². The van der Waals surface area contributed by atoms with Crippen LogP contribution < -0.4 is 16.0 Å². The molecule has 2 atom stereocenters. The number of aliphatic carboxylic acids is 1. The first-order chi connectivity index (χ1) is 15.9. The van der Waals surface area contributed by atoms with E-state index in [-0.39, 0.29) is 23.7 Å². The number of hydrogen-bond donors (Lipinski definition) is 4. The van der Waals surface area contributed by atoms with Gasteiger partial charge in [0.05, 0.1) is 0 Å². The summed E-state index contributed by atoms with van der Waals surface area (Å²) in [6.07, 6.45) is 2.47. The van der Waals surface area contributed by atoms with Crippen molar-refractivity contribution in [2.75, 3.05) is 6.54 Å². The molecule has 0 radical (unpaired) electrons. The van der Waals surface area contributed by atoms with E-state index in [0.717, 1.165) is 18.4 Å². The number of rotatable bonds is 9. The average Bonchev–Trinajstić information content (AvgIpc) is 2.76. The normalized spacial score (nSPS) is 19.9. The third kappa shape index (κ3) is 9.41. The Labute approximate surface area is 201 Å². The molecule has 2 rings (SSSR count). The van der Waals surface area contributed by atoms with Crippen LogP contribution >= 0.6 is 0 Å². The van der Waals surface area contributed by atoms with Gasteiger partial charge in [0.25, 0.3) is 0 Å². The van der Waals surface area contributed by atoms with Gasteiger partial charge in [0, 0.05) is 18.9 Å². The third-order valence-electron chi connectivity index (χ3n) is 5.80. The van der Waals surface area contributed by atoms with E-state index in [4.69, 9.17) is 9.84 Å². The number of ether oxygens (including phenoxy) is 1. The van der Waals surface area contributed by atoms with E-state index in [2.05, 4.69) is 16.0 Å². The predicted octanol–water partition coefficient (Wildman–Crippen LogP) is 2.63. The Morgan fingerprint density at radius 2 is 1.65 bits per heavy atom. The molecule has 0 aliphatic heterocycles. The molecule has 0 spiro atoms. The molecular weight excluding hydrogens is 438 g/mol. The van der Waals surface area contributed by atoms with Crippen LogP contribution in [-0.2, 0) is 25.5 Å². The van der Waals surface area contributed by atoms with E-state index in [9.17, 15) is 19.2 Å². The van der Waals surface area contributed by atoms with Crippen LogP contribution in [0.15, 0.2) is 30.3 Å². The van der Waals surface area contributed by atoms with E-state index in [0.29, 0.717) is 25.8 Å². The highest BCUT2D eigenvalue weighted by Crippen LogP contribution is 2.28. The number of amides is 3. The first-order valence-corrected chi connectivity index (χ1v) is 11.8. The average molecular weight is 476 g/mol. The smallest absolute Gasteiger partial charge is 0.408 e. The molecule has 1 aliphatic rings. The third-order valence-corrected chi connectivity index (χ3v) is 5.80. The van der Waals surface area contributed by atoms with Gasteiger partial charge in [-0.05, 0) is 64.9 Å². The molecule has 1 saturated carbocycles. The van der Waals surface area contributed by atoms with Gasteiger partial charge in [0.1, 0.15) is 17.7 Å². The maximum atomic E-state index is 12.9. The van der Waals surface area contributed by atoms with Crippen LogP contribution in [0, 0.1) is 11.8 Å². The van der Waals surface area contributed by atoms with Crippen LogP contribution in [-0.4, -0.2) is 53.2 Å². The van der Waals surface area contributed by atoms with Crippen LogP contribution in [0.4, 0.5) is 4.79 Å². The number of carbonyl (C=O) groups is 4. The Balaban J connectivity index is 1.88. The first-order valence-electron chi connectivity index (χ1n) is 11.8. The summed E-state index contributed by atoms with van der Waals surface area (Å²) in [5.74, 6) is -1.58. The monoisotopic (exact) mass is 475 g/mol. The van der Waals surface area contributed by atoms with Crippen LogP contribution in [0.1, 0.15) is 58.9 Å². The minimum atomic E-state index is -1.06. The number of benzene rings is 1. The zero-order valence-electron chi connectivity index (χ0n) is 20.4. The van der Waals surface area contributed by atoms with Crippen molar-refractivity contribution >= 4 is 23.9 Å². The second-order valence-corrected chi connectivity index (χ2v) is 9.92. The van der Waals surface area contributed by atoms with Gasteiger partial charge in [-0.25, -0.2) is 4.79 Å². The molecule has 1 fully saturated rings. The van der Waals surface area contributed by atoms with Crippen molar-refractivity contribution in [2.24, 2.45) is 11.8 Å². The number of hydrogen-bond acceptors (Lipinski definition) is 5. The number of nitrogens with one attached hydrogen (secondary N) is 3. The number of carboxylic acid groups (broad SMARTS) is 1. The summed E-state index contributed by atoms with van der Waals surface area (Å²) >= 11 is 0. The van der Waals surface area contributed by atoms with Crippen molar-refractivity contribution < 1.29 is 29.0 Å². The quantitative estimate of drug-likeness (QED) is 0.434. The molecule has 0 heterocycles. The van der Waals surface area contributed by atoms with E-state index in [1.807, 2.05) is 30.3 Å². The molecular formula is C25H37N3O6. The molecule has 0 aromatic heterocycles. The minimum absolute atomic E-state index is 0.212. The lowest BCUT2D eigenvalue weighted by molar-refractivity contribution is -0.142. The second-order valence-electron chi connectivity index (χ2n) is 9.92. The molecule has 1 aliphatic carbocycles. The highest BCUT2D eigenvalue weighted by Gasteiger charge is 2.29. The lowest BCUT2D eigenvalue weighted by Crippen LogP contribution is -2.50. The fourth-order valence-electron chi connectivity index (χ4n) is 3.90. The Morgan fingerprint density at radius 1 is 1.03 bits per heavy atom. The molecule has 3 amide bonds. The second kappa shape index (κ2) is 12.4. The molecule has 1 aromatic rings. The van der Waals surface area contributed by atoms with Gasteiger partial charge in [-0.2, -0.15) is 0 Å². The van der Waals surface area contributed by atoms with Crippen molar-refractivity contribution in [3.63, 3.8) is 0 Å². The SMILES string of the molecule is C[C@H](NC(=O)C1CCC(CNC(=O)[C@H](Cc2ccccc2)NC(=O)OC(C)(C)C)CC1)C(=O)O. The highest BCUT2D eigenvalue weighted by molar-refractivity contribution is 5.86. The Morgan fingerprint density at radius 3 is 2.21 bits per heavy atom. The molecule has 9 nitrogen and oxygen atoms in total. The largest absolute Gasteiger partial charge is 0.480 e. The molecule has 34 heavy (non-hydrogen) atoms. The summed E-state index contributed by atoms with van der Waals surface area (Å²) in [6.45, 7) is 7.17. The minimum Gasteiger partial charge on any atom is -0.480 e. The highest BCUT2D eigenvalue weighted by atomic mass is 16.6. The molecule has 0 saturated heterocycles. The van der Waals surface area contributed by atoms with Gasteiger partial charge >= 0.3 is 12.1 Å². The summed E-state index contributed by atoms with van der Waals surface area (Å²) in [5.41, 5.74) is 0.242. The van der Waals surface area contributed by atoms with Crippen molar-refractivity contribution in [1.82, 2.24) is 16.0 Å². The zero-order valence-corrected chi connectivity index (χ0v) is 20.4.